The highest BCUT2D eigenvalue weighted by Gasteiger charge is 2.25. The summed E-state index contributed by atoms with van der Waals surface area (Å²) in [7, 11) is 0. The molecule has 1 amide bonds. The normalized spacial score (nSPS) is 14.4. The van der Waals surface area contributed by atoms with Crippen LogP contribution in [0.5, 0.6) is 0 Å². The van der Waals surface area contributed by atoms with Crippen LogP contribution in [-0.2, 0) is 24.4 Å². The Balaban J connectivity index is 1.35. The van der Waals surface area contributed by atoms with E-state index < -0.39 is 5.60 Å². The minimum absolute atomic E-state index is 0.213. The highest BCUT2D eigenvalue weighted by atomic mass is 16.6. The molecule has 0 unspecified atom stereocenters. The fourth-order valence-electron chi connectivity index (χ4n) is 4.90. The van der Waals surface area contributed by atoms with Crippen LogP contribution < -0.4 is 5.32 Å². The summed E-state index contributed by atoms with van der Waals surface area (Å²) >= 11 is 0. The maximum Gasteiger partial charge on any atom is 0.410 e. The summed E-state index contributed by atoms with van der Waals surface area (Å²) in [6.45, 7) is 8.76. The maximum absolute atomic E-state index is 13.0. The van der Waals surface area contributed by atoms with Gasteiger partial charge in [-0.3, -0.25) is 4.98 Å². The lowest BCUT2D eigenvalue weighted by atomic mass is 9.89. The molecule has 0 atom stereocenters. The third-order valence-electron chi connectivity index (χ3n) is 6.85. The molecule has 5 nitrogen and oxygen atoms in total. The predicted octanol–water partition coefficient (Wildman–Crippen LogP) is 7.36. The first-order valence-corrected chi connectivity index (χ1v) is 13.6. The van der Waals surface area contributed by atoms with E-state index in [1.165, 1.54) is 54.4 Å². The molecule has 2 aromatic carbocycles. The van der Waals surface area contributed by atoms with Crippen molar-refractivity contribution in [2.45, 2.75) is 78.1 Å². The molecule has 1 aliphatic carbocycles. The highest BCUT2D eigenvalue weighted by Crippen LogP contribution is 2.26. The van der Waals surface area contributed by atoms with Crippen molar-refractivity contribution in [3.63, 3.8) is 0 Å². The Morgan fingerprint density at radius 2 is 1.51 bits per heavy atom. The lowest BCUT2D eigenvalue weighted by Gasteiger charge is -2.31. The Bertz CT molecular complexity index is 1100. The summed E-state index contributed by atoms with van der Waals surface area (Å²) in [6, 6.07) is 21.3. The van der Waals surface area contributed by atoms with Crippen LogP contribution in [0.3, 0.4) is 0 Å². The summed E-state index contributed by atoms with van der Waals surface area (Å²) in [5.41, 5.74) is 5.43. The van der Waals surface area contributed by atoms with Gasteiger partial charge in [0.05, 0.1) is 0 Å². The van der Waals surface area contributed by atoms with Gasteiger partial charge in [0, 0.05) is 38.6 Å². The maximum atomic E-state index is 13.0. The van der Waals surface area contributed by atoms with Gasteiger partial charge in [-0.15, -0.1) is 0 Å². The Morgan fingerprint density at radius 1 is 0.892 bits per heavy atom. The summed E-state index contributed by atoms with van der Waals surface area (Å²) in [4.78, 5) is 19.1. The molecule has 0 saturated heterocycles. The van der Waals surface area contributed by atoms with Crippen LogP contribution in [0.25, 0.3) is 11.1 Å². The first-order chi connectivity index (χ1) is 17.9. The zero-order valence-corrected chi connectivity index (χ0v) is 22.6. The third-order valence-corrected chi connectivity index (χ3v) is 6.85. The van der Waals surface area contributed by atoms with Crippen molar-refractivity contribution in [1.29, 1.82) is 0 Å². The molecule has 1 heterocycles. The Hall–Kier alpha value is -3.18. The standard InChI is InChI=1S/C32H41N3O2/c1-32(2,3)37-31(36)35(23-26-8-5-4-6-9-26)24-27-13-17-30(18-14-27)29-15-11-25(12-16-29)20-34-22-28-10-7-19-33-21-28/h7,10-19,21,26,34H,4-6,8-9,20,22-24H2,1-3H3. The van der Waals surface area contributed by atoms with Crippen molar-refractivity contribution < 1.29 is 9.53 Å². The molecular formula is C32H41N3O2. The predicted molar refractivity (Wildman–Crippen MR) is 150 cm³/mol. The number of benzene rings is 2. The van der Waals surface area contributed by atoms with Gasteiger partial charge in [0.1, 0.15) is 5.60 Å². The number of carbonyl (C=O) groups excluding carboxylic acids is 1. The molecule has 0 radical (unpaired) electrons. The lowest BCUT2D eigenvalue weighted by Crippen LogP contribution is -2.39. The molecule has 37 heavy (non-hydrogen) atoms. The number of nitrogens with zero attached hydrogens (tertiary/aromatic N) is 2. The Labute approximate surface area is 222 Å². The number of hydrogen-bond donors (Lipinski definition) is 1. The summed E-state index contributed by atoms with van der Waals surface area (Å²) in [6.07, 6.45) is 9.72. The summed E-state index contributed by atoms with van der Waals surface area (Å²) < 4.78 is 5.75. The number of carbonyl (C=O) groups is 1. The fourth-order valence-corrected chi connectivity index (χ4v) is 4.90. The second kappa shape index (κ2) is 12.9. The molecule has 196 valence electrons. The Kier molecular flexibility index (Phi) is 9.34. The van der Waals surface area contributed by atoms with E-state index in [0.29, 0.717) is 12.5 Å². The first-order valence-electron chi connectivity index (χ1n) is 13.6. The van der Waals surface area contributed by atoms with E-state index in [2.05, 4.69) is 64.9 Å². The van der Waals surface area contributed by atoms with Crippen molar-refractivity contribution in [3.8, 4) is 11.1 Å². The monoisotopic (exact) mass is 499 g/mol. The molecular weight excluding hydrogens is 458 g/mol. The van der Waals surface area contributed by atoms with Crippen molar-refractivity contribution in [1.82, 2.24) is 15.2 Å². The van der Waals surface area contributed by atoms with Gasteiger partial charge in [0.15, 0.2) is 0 Å². The average Bonchev–Trinajstić information content (AvgIpc) is 2.89. The van der Waals surface area contributed by atoms with Crippen LogP contribution >= 0.6 is 0 Å². The number of pyridine rings is 1. The first kappa shape index (κ1) is 26.9. The molecule has 1 fully saturated rings. The van der Waals surface area contributed by atoms with Gasteiger partial charge in [-0.25, -0.2) is 4.79 Å². The van der Waals surface area contributed by atoms with E-state index >= 15 is 0 Å². The topological polar surface area (TPSA) is 54.5 Å². The lowest BCUT2D eigenvalue weighted by molar-refractivity contribution is 0.0190. The zero-order valence-electron chi connectivity index (χ0n) is 22.6. The van der Waals surface area contributed by atoms with Crippen LogP contribution in [0, 0.1) is 5.92 Å². The molecule has 1 aliphatic rings. The van der Waals surface area contributed by atoms with Crippen molar-refractivity contribution in [3.05, 3.63) is 89.7 Å². The van der Waals surface area contributed by atoms with E-state index in [-0.39, 0.29) is 6.09 Å². The van der Waals surface area contributed by atoms with Crippen molar-refractivity contribution in [2.75, 3.05) is 6.54 Å². The van der Waals surface area contributed by atoms with Gasteiger partial charge < -0.3 is 15.0 Å². The molecule has 0 aliphatic heterocycles. The second-order valence-corrected chi connectivity index (χ2v) is 11.2. The smallest absolute Gasteiger partial charge is 0.410 e. The molecule has 0 bridgehead atoms. The molecule has 0 spiro atoms. The molecule has 5 heteroatoms. The number of nitrogens with one attached hydrogen (secondary N) is 1. The van der Waals surface area contributed by atoms with E-state index in [1.807, 2.05) is 37.9 Å². The average molecular weight is 500 g/mol. The Morgan fingerprint density at radius 3 is 2.11 bits per heavy atom. The van der Waals surface area contributed by atoms with E-state index in [4.69, 9.17) is 4.74 Å². The van der Waals surface area contributed by atoms with Crippen LogP contribution in [0.4, 0.5) is 4.79 Å². The fraction of sp³-hybridized carbons (Fsp3) is 0.438. The van der Waals surface area contributed by atoms with Gasteiger partial charge in [0.2, 0.25) is 0 Å². The van der Waals surface area contributed by atoms with Crippen LogP contribution in [0.15, 0.2) is 73.1 Å². The van der Waals surface area contributed by atoms with Crippen LogP contribution in [-0.4, -0.2) is 28.1 Å². The van der Waals surface area contributed by atoms with Crippen molar-refractivity contribution in [2.24, 2.45) is 5.92 Å². The van der Waals surface area contributed by atoms with Gasteiger partial charge in [-0.2, -0.15) is 0 Å². The molecule has 1 saturated carbocycles. The van der Waals surface area contributed by atoms with E-state index in [0.717, 1.165) is 25.2 Å². The molecule has 1 aromatic heterocycles. The van der Waals surface area contributed by atoms with E-state index in [1.54, 1.807) is 6.20 Å². The third kappa shape index (κ3) is 8.71. The number of hydrogen-bond acceptors (Lipinski definition) is 4. The number of aromatic nitrogens is 1. The minimum atomic E-state index is -0.494. The summed E-state index contributed by atoms with van der Waals surface area (Å²) in [5, 5.41) is 3.47. The van der Waals surface area contributed by atoms with Gasteiger partial charge in [0.25, 0.3) is 0 Å². The van der Waals surface area contributed by atoms with Gasteiger partial charge in [-0.1, -0.05) is 73.9 Å². The molecule has 1 N–H and O–H groups in total. The second-order valence-electron chi connectivity index (χ2n) is 11.2. The number of amides is 1. The number of rotatable bonds is 9. The zero-order chi connectivity index (χ0) is 26.1. The highest BCUT2D eigenvalue weighted by molar-refractivity contribution is 5.68. The SMILES string of the molecule is CC(C)(C)OC(=O)N(Cc1ccc(-c2ccc(CNCc3cccnc3)cc2)cc1)CC1CCCCC1. The van der Waals surface area contributed by atoms with Gasteiger partial charge >= 0.3 is 6.09 Å². The molecule has 3 aromatic rings. The van der Waals surface area contributed by atoms with Gasteiger partial charge in [-0.05, 0) is 73.4 Å². The molecule has 4 rings (SSSR count). The van der Waals surface area contributed by atoms with Crippen LogP contribution in [0.1, 0.15) is 69.6 Å². The summed E-state index contributed by atoms with van der Waals surface area (Å²) in [5.74, 6) is 0.568. The number of ether oxygens (including phenoxy) is 1. The quantitative estimate of drug-likeness (QED) is 0.334. The largest absolute Gasteiger partial charge is 0.444 e. The van der Waals surface area contributed by atoms with Crippen LogP contribution in [0.2, 0.25) is 0 Å². The van der Waals surface area contributed by atoms with E-state index in [9.17, 15) is 4.79 Å². The minimum Gasteiger partial charge on any atom is -0.444 e. The van der Waals surface area contributed by atoms with Crippen molar-refractivity contribution >= 4 is 6.09 Å².